The topological polar surface area (TPSA) is 55.6 Å². The third kappa shape index (κ3) is 3.97. The molecule has 2 N–H and O–H groups in total. The minimum Gasteiger partial charge on any atom is -0.484 e. The summed E-state index contributed by atoms with van der Waals surface area (Å²) in [5.41, 5.74) is 6.60. The second-order valence-electron chi connectivity index (χ2n) is 5.88. The van der Waals surface area contributed by atoms with Crippen LogP contribution in [0.15, 0.2) is 24.3 Å². The fourth-order valence-electron chi connectivity index (χ4n) is 2.87. The maximum atomic E-state index is 12.2. The van der Waals surface area contributed by atoms with E-state index < -0.39 is 0 Å². The highest BCUT2D eigenvalue weighted by Crippen LogP contribution is 2.21. The molecule has 2 unspecified atom stereocenters. The van der Waals surface area contributed by atoms with Crippen molar-refractivity contribution < 1.29 is 9.53 Å². The van der Waals surface area contributed by atoms with Gasteiger partial charge in [-0.15, -0.1) is 0 Å². The number of hydrogen-bond donors (Lipinski definition) is 1. The van der Waals surface area contributed by atoms with Crippen LogP contribution in [0.5, 0.6) is 5.75 Å². The van der Waals surface area contributed by atoms with E-state index >= 15 is 0 Å². The van der Waals surface area contributed by atoms with Crippen LogP contribution in [0.25, 0.3) is 0 Å². The summed E-state index contributed by atoms with van der Waals surface area (Å²) in [5, 5.41) is 0. The number of carbonyl (C=O) groups excluding carboxylic acids is 1. The number of carbonyl (C=O) groups is 1. The van der Waals surface area contributed by atoms with Crippen molar-refractivity contribution in [3.8, 4) is 5.75 Å². The molecule has 2 atom stereocenters. The van der Waals surface area contributed by atoms with Gasteiger partial charge in [0.15, 0.2) is 6.61 Å². The van der Waals surface area contributed by atoms with Gasteiger partial charge in [0.05, 0.1) is 0 Å². The van der Waals surface area contributed by atoms with Crippen LogP contribution in [0.4, 0.5) is 0 Å². The zero-order chi connectivity index (χ0) is 14.5. The van der Waals surface area contributed by atoms with Crippen LogP contribution in [0, 0.1) is 11.8 Å². The lowest BCUT2D eigenvalue weighted by Gasteiger charge is -2.34. The van der Waals surface area contributed by atoms with E-state index in [-0.39, 0.29) is 12.5 Å². The van der Waals surface area contributed by atoms with E-state index in [1.807, 2.05) is 29.2 Å². The number of benzene rings is 1. The van der Waals surface area contributed by atoms with Crippen LogP contribution < -0.4 is 10.5 Å². The second-order valence-corrected chi connectivity index (χ2v) is 5.88. The molecule has 1 amide bonds. The van der Waals surface area contributed by atoms with Gasteiger partial charge in [0.2, 0.25) is 0 Å². The zero-order valence-corrected chi connectivity index (χ0v) is 12.3. The summed E-state index contributed by atoms with van der Waals surface area (Å²) in [6.45, 7) is 6.66. The van der Waals surface area contributed by atoms with Gasteiger partial charge in [-0.25, -0.2) is 0 Å². The molecule has 4 nitrogen and oxygen atoms in total. The van der Waals surface area contributed by atoms with Crippen LogP contribution in [0.3, 0.4) is 0 Å². The van der Waals surface area contributed by atoms with Gasteiger partial charge in [0.25, 0.3) is 5.91 Å². The quantitative estimate of drug-likeness (QED) is 0.915. The molecule has 1 aromatic rings. The Morgan fingerprint density at radius 2 is 2.05 bits per heavy atom. The van der Waals surface area contributed by atoms with Crippen LogP contribution in [-0.4, -0.2) is 30.5 Å². The number of hydrogen-bond acceptors (Lipinski definition) is 3. The summed E-state index contributed by atoms with van der Waals surface area (Å²) in [7, 11) is 0. The summed E-state index contributed by atoms with van der Waals surface area (Å²) in [6.07, 6.45) is 1.20. The molecule has 1 heterocycles. The first kappa shape index (κ1) is 14.9. The average molecular weight is 276 g/mol. The molecule has 1 aliphatic heterocycles. The van der Waals surface area contributed by atoms with Gasteiger partial charge in [0, 0.05) is 19.6 Å². The van der Waals surface area contributed by atoms with E-state index in [1.165, 1.54) is 6.42 Å². The lowest BCUT2D eigenvalue weighted by molar-refractivity contribution is -0.136. The van der Waals surface area contributed by atoms with Crippen LogP contribution in [0.1, 0.15) is 25.8 Å². The third-order valence-corrected chi connectivity index (χ3v) is 3.72. The van der Waals surface area contributed by atoms with Gasteiger partial charge >= 0.3 is 0 Å². The summed E-state index contributed by atoms with van der Waals surface area (Å²) >= 11 is 0. The maximum Gasteiger partial charge on any atom is 0.260 e. The molecule has 0 aromatic heterocycles. The molecule has 0 radical (unpaired) electrons. The molecule has 0 spiro atoms. The van der Waals surface area contributed by atoms with Crippen molar-refractivity contribution in [2.24, 2.45) is 17.6 Å². The molecular weight excluding hydrogens is 252 g/mol. The molecule has 20 heavy (non-hydrogen) atoms. The highest BCUT2D eigenvalue weighted by Gasteiger charge is 2.25. The highest BCUT2D eigenvalue weighted by molar-refractivity contribution is 5.77. The molecule has 1 saturated heterocycles. The normalized spacial score (nSPS) is 22.6. The smallest absolute Gasteiger partial charge is 0.260 e. The Hall–Kier alpha value is -1.55. The molecule has 0 aliphatic carbocycles. The summed E-state index contributed by atoms with van der Waals surface area (Å²) in [5.74, 6) is 1.92. The van der Waals surface area contributed by atoms with E-state index in [9.17, 15) is 4.79 Å². The number of nitrogens with two attached hydrogens (primary N) is 1. The fourth-order valence-corrected chi connectivity index (χ4v) is 2.87. The molecule has 1 aromatic carbocycles. The lowest BCUT2D eigenvalue weighted by Crippen LogP contribution is -2.44. The standard InChI is InChI=1S/C16H24N2O2/c1-12-6-13(2)10-18(9-12)16(19)11-20-15-5-3-4-14(7-15)8-17/h3-5,7,12-13H,6,8-11,17H2,1-2H3. The van der Waals surface area contributed by atoms with E-state index in [0.717, 1.165) is 18.7 Å². The summed E-state index contributed by atoms with van der Waals surface area (Å²) < 4.78 is 5.59. The van der Waals surface area contributed by atoms with Crippen molar-refractivity contribution in [2.45, 2.75) is 26.8 Å². The van der Waals surface area contributed by atoms with Gasteiger partial charge in [-0.05, 0) is 36.0 Å². The molecule has 0 saturated carbocycles. The molecule has 0 bridgehead atoms. The largest absolute Gasteiger partial charge is 0.484 e. The zero-order valence-electron chi connectivity index (χ0n) is 12.3. The number of rotatable bonds is 4. The monoisotopic (exact) mass is 276 g/mol. The molecule has 1 fully saturated rings. The van der Waals surface area contributed by atoms with Crippen molar-refractivity contribution in [1.29, 1.82) is 0 Å². The summed E-state index contributed by atoms with van der Waals surface area (Å²) in [4.78, 5) is 14.1. The van der Waals surface area contributed by atoms with Crippen molar-refractivity contribution in [1.82, 2.24) is 4.90 Å². The Morgan fingerprint density at radius 3 is 2.70 bits per heavy atom. The van der Waals surface area contributed by atoms with E-state index in [4.69, 9.17) is 10.5 Å². The van der Waals surface area contributed by atoms with Gasteiger partial charge in [0.1, 0.15) is 5.75 Å². The first-order valence-electron chi connectivity index (χ1n) is 7.28. The number of piperidine rings is 1. The van der Waals surface area contributed by atoms with Crippen molar-refractivity contribution in [3.63, 3.8) is 0 Å². The van der Waals surface area contributed by atoms with Crippen molar-refractivity contribution in [2.75, 3.05) is 19.7 Å². The first-order valence-corrected chi connectivity index (χ1v) is 7.28. The predicted molar refractivity (Wildman–Crippen MR) is 79.4 cm³/mol. The highest BCUT2D eigenvalue weighted by atomic mass is 16.5. The summed E-state index contributed by atoms with van der Waals surface area (Å²) in [6, 6.07) is 7.58. The van der Waals surface area contributed by atoms with Gasteiger partial charge in [-0.3, -0.25) is 4.79 Å². The van der Waals surface area contributed by atoms with Gasteiger partial charge < -0.3 is 15.4 Å². The predicted octanol–water partition coefficient (Wildman–Crippen LogP) is 2.03. The third-order valence-electron chi connectivity index (χ3n) is 3.72. The number of nitrogens with zero attached hydrogens (tertiary/aromatic N) is 1. The SMILES string of the molecule is CC1CC(C)CN(C(=O)COc2cccc(CN)c2)C1. The Labute approximate surface area is 120 Å². The minimum atomic E-state index is 0.0709. The Balaban J connectivity index is 1.88. The van der Waals surface area contributed by atoms with Gasteiger partial charge in [-0.1, -0.05) is 26.0 Å². The average Bonchev–Trinajstić information content (AvgIpc) is 2.44. The lowest BCUT2D eigenvalue weighted by atomic mass is 9.92. The van der Waals surface area contributed by atoms with Crippen molar-refractivity contribution >= 4 is 5.91 Å². The Kier molecular flexibility index (Phi) is 5.01. The molecule has 110 valence electrons. The maximum absolute atomic E-state index is 12.2. The Morgan fingerprint density at radius 1 is 1.35 bits per heavy atom. The molecular formula is C16H24N2O2. The minimum absolute atomic E-state index is 0.0709. The Bertz CT molecular complexity index is 452. The number of likely N-dealkylation sites (tertiary alicyclic amines) is 1. The number of ether oxygens (including phenoxy) is 1. The van der Waals surface area contributed by atoms with Crippen LogP contribution in [0.2, 0.25) is 0 Å². The van der Waals surface area contributed by atoms with Crippen LogP contribution >= 0.6 is 0 Å². The van der Waals surface area contributed by atoms with Gasteiger partial charge in [-0.2, -0.15) is 0 Å². The van der Waals surface area contributed by atoms with E-state index in [1.54, 1.807) is 0 Å². The first-order chi connectivity index (χ1) is 9.58. The fraction of sp³-hybridized carbons (Fsp3) is 0.562. The second kappa shape index (κ2) is 6.75. The van der Waals surface area contributed by atoms with E-state index in [2.05, 4.69) is 13.8 Å². The van der Waals surface area contributed by atoms with Crippen LogP contribution in [-0.2, 0) is 11.3 Å². The molecule has 4 heteroatoms. The van der Waals surface area contributed by atoms with E-state index in [0.29, 0.717) is 24.1 Å². The number of amides is 1. The molecule has 2 rings (SSSR count). The van der Waals surface area contributed by atoms with Crippen molar-refractivity contribution in [3.05, 3.63) is 29.8 Å². The molecule has 1 aliphatic rings.